The molecule has 0 atom stereocenters. The molecule has 9 heteroatoms. The lowest BCUT2D eigenvalue weighted by Crippen LogP contribution is -2.50. The van der Waals surface area contributed by atoms with Crippen molar-refractivity contribution in [2.75, 3.05) is 26.2 Å². The molecule has 1 aliphatic rings. The molecule has 2 amide bonds. The van der Waals surface area contributed by atoms with Crippen LogP contribution in [0.5, 0.6) is 0 Å². The minimum absolute atomic E-state index is 0.127. The lowest BCUT2D eigenvalue weighted by atomic mass is 10.2. The van der Waals surface area contributed by atoms with Crippen LogP contribution in [0.1, 0.15) is 35.5 Å². The van der Waals surface area contributed by atoms with Gasteiger partial charge in [0.05, 0.1) is 11.3 Å². The fraction of sp³-hybridized carbons (Fsp3) is 0.429. The maximum atomic E-state index is 12.6. The van der Waals surface area contributed by atoms with E-state index in [0.717, 1.165) is 11.3 Å². The molecule has 0 spiro atoms. The Kier molecular flexibility index (Phi) is 6.77. The fourth-order valence-corrected chi connectivity index (χ4v) is 3.65. The van der Waals surface area contributed by atoms with Crippen molar-refractivity contribution in [3.05, 3.63) is 56.7 Å². The SMILES string of the molecule is Cc1nn(CC(C)C)c(Cl)c1C=CC(=O)N1CCN(C(=O)c2ccc(=O)[nH]c2)CC1. The third kappa shape index (κ3) is 4.99. The molecule has 0 saturated carbocycles. The third-order valence-electron chi connectivity index (χ3n) is 4.95. The summed E-state index contributed by atoms with van der Waals surface area (Å²) in [6.07, 6.45) is 4.63. The number of nitrogens with zero attached hydrogens (tertiary/aromatic N) is 4. The number of piperazine rings is 1. The van der Waals surface area contributed by atoms with E-state index in [1.165, 1.54) is 24.4 Å². The van der Waals surface area contributed by atoms with E-state index in [0.29, 0.717) is 49.4 Å². The molecule has 0 aliphatic carbocycles. The van der Waals surface area contributed by atoms with Crippen LogP contribution in [-0.2, 0) is 11.3 Å². The third-order valence-corrected chi connectivity index (χ3v) is 5.35. The van der Waals surface area contributed by atoms with Crippen molar-refractivity contribution in [3.8, 4) is 0 Å². The Morgan fingerprint density at radius 3 is 2.47 bits per heavy atom. The van der Waals surface area contributed by atoms with Crippen LogP contribution in [0.15, 0.2) is 29.2 Å². The molecule has 8 nitrogen and oxygen atoms in total. The normalized spacial score (nSPS) is 14.7. The minimum Gasteiger partial charge on any atom is -0.336 e. The van der Waals surface area contributed by atoms with Crippen LogP contribution in [0.25, 0.3) is 6.08 Å². The number of carbonyl (C=O) groups excluding carboxylic acids is 2. The van der Waals surface area contributed by atoms with Gasteiger partial charge in [0.25, 0.3) is 5.91 Å². The summed E-state index contributed by atoms with van der Waals surface area (Å²) in [5.74, 6) is 0.127. The number of amides is 2. The number of aryl methyl sites for hydroxylation is 1. The first-order valence-electron chi connectivity index (χ1n) is 9.94. The number of pyridine rings is 1. The fourth-order valence-electron chi connectivity index (χ4n) is 3.34. The van der Waals surface area contributed by atoms with Gasteiger partial charge < -0.3 is 14.8 Å². The molecule has 160 valence electrons. The van der Waals surface area contributed by atoms with E-state index < -0.39 is 0 Å². The average molecular weight is 432 g/mol. The molecular weight excluding hydrogens is 406 g/mol. The Balaban J connectivity index is 1.59. The summed E-state index contributed by atoms with van der Waals surface area (Å²) in [7, 11) is 0. The monoisotopic (exact) mass is 431 g/mol. The molecule has 3 heterocycles. The molecule has 0 bridgehead atoms. The van der Waals surface area contributed by atoms with Crippen LogP contribution >= 0.6 is 11.6 Å². The first-order valence-corrected chi connectivity index (χ1v) is 10.3. The largest absolute Gasteiger partial charge is 0.336 e. The summed E-state index contributed by atoms with van der Waals surface area (Å²) < 4.78 is 1.76. The highest BCUT2D eigenvalue weighted by Gasteiger charge is 2.24. The number of hydrogen-bond acceptors (Lipinski definition) is 4. The maximum Gasteiger partial charge on any atom is 0.255 e. The number of rotatable bonds is 5. The van der Waals surface area contributed by atoms with Crippen molar-refractivity contribution in [3.63, 3.8) is 0 Å². The van der Waals surface area contributed by atoms with Crippen molar-refractivity contribution < 1.29 is 9.59 Å². The first kappa shape index (κ1) is 21.8. The Morgan fingerprint density at radius 2 is 1.87 bits per heavy atom. The van der Waals surface area contributed by atoms with E-state index in [1.54, 1.807) is 20.6 Å². The second-order valence-corrected chi connectivity index (χ2v) is 8.12. The van der Waals surface area contributed by atoms with Gasteiger partial charge in [-0.25, -0.2) is 0 Å². The molecule has 0 unspecified atom stereocenters. The van der Waals surface area contributed by atoms with Crippen LogP contribution in [0.2, 0.25) is 5.15 Å². The zero-order valence-electron chi connectivity index (χ0n) is 17.4. The van der Waals surface area contributed by atoms with Crippen LogP contribution in [0.3, 0.4) is 0 Å². The number of carbonyl (C=O) groups is 2. The van der Waals surface area contributed by atoms with E-state index in [9.17, 15) is 14.4 Å². The molecule has 1 N–H and O–H groups in total. The van der Waals surface area contributed by atoms with Gasteiger partial charge in [0.2, 0.25) is 11.5 Å². The first-order chi connectivity index (χ1) is 14.3. The Labute approximate surface area is 180 Å². The Morgan fingerprint density at radius 1 is 1.20 bits per heavy atom. The van der Waals surface area contributed by atoms with Crippen molar-refractivity contribution in [2.45, 2.75) is 27.3 Å². The quantitative estimate of drug-likeness (QED) is 0.734. The molecular formula is C21H26ClN5O3. The molecule has 1 fully saturated rings. The summed E-state index contributed by atoms with van der Waals surface area (Å²) in [5.41, 5.74) is 1.70. The van der Waals surface area contributed by atoms with E-state index in [2.05, 4.69) is 23.9 Å². The molecule has 30 heavy (non-hydrogen) atoms. The average Bonchev–Trinajstić information content (AvgIpc) is 2.98. The van der Waals surface area contributed by atoms with Crippen LogP contribution < -0.4 is 5.56 Å². The predicted molar refractivity (Wildman–Crippen MR) is 115 cm³/mol. The van der Waals surface area contributed by atoms with E-state index in [-0.39, 0.29) is 17.4 Å². The van der Waals surface area contributed by atoms with Gasteiger partial charge in [-0.2, -0.15) is 5.10 Å². The molecule has 2 aromatic heterocycles. The number of halogens is 1. The smallest absolute Gasteiger partial charge is 0.255 e. The van der Waals surface area contributed by atoms with E-state index in [4.69, 9.17) is 11.6 Å². The van der Waals surface area contributed by atoms with Gasteiger partial charge >= 0.3 is 0 Å². The zero-order chi connectivity index (χ0) is 21.8. The molecule has 2 aromatic rings. The van der Waals surface area contributed by atoms with Gasteiger partial charge in [0.1, 0.15) is 5.15 Å². The summed E-state index contributed by atoms with van der Waals surface area (Å²) in [6.45, 7) is 8.52. The van der Waals surface area contributed by atoms with Crippen LogP contribution in [0.4, 0.5) is 0 Å². The van der Waals surface area contributed by atoms with Gasteiger partial charge in [-0.15, -0.1) is 0 Å². The number of H-pyrrole nitrogens is 1. The van der Waals surface area contributed by atoms with Crippen molar-refractivity contribution in [1.82, 2.24) is 24.6 Å². The topological polar surface area (TPSA) is 91.3 Å². The van der Waals surface area contributed by atoms with Gasteiger partial charge in [-0.05, 0) is 25.0 Å². The van der Waals surface area contributed by atoms with Crippen LogP contribution in [-0.4, -0.2) is 62.6 Å². The maximum absolute atomic E-state index is 12.6. The number of hydrogen-bond donors (Lipinski definition) is 1. The van der Waals surface area contributed by atoms with Gasteiger partial charge in [0.15, 0.2) is 0 Å². The highest BCUT2D eigenvalue weighted by atomic mass is 35.5. The van der Waals surface area contributed by atoms with Crippen LogP contribution in [0, 0.1) is 12.8 Å². The number of nitrogens with one attached hydrogen (secondary N) is 1. The van der Waals surface area contributed by atoms with Gasteiger partial charge in [-0.1, -0.05) is 25.4 Å². The summed E-state index contributed by atoms with van der Waals surface area (Å²) in [4.78, 5) is 42.1. The summed E-state index contributed by atoms with van der Waals surface area (Å²) in [5, 5.41) is 4.98. The van der Waals surface area contributed by atoms with E-state index in [1.807, 2.05) is 6.92 Å². The summed E-state index contributed by atoms with van der Waals surface area (Å²) in [6, 6.07) is 2.83. The molecule has 1 saturated heterocycles. The van der Waals surface area contributed by atoms with E-state index >= 15 is 0 Å². The van der Waals surface area contributed by atoms with Crippen molar-refractivity contribution in [2.24, 2.45) is 5.92 Å². The Bertz CT molecular complexity index is 996. The Hall–Kier alpha value is -2.87. The molecule has 0 aromatic carbocycles. The van der Waals surface area contributed by atoms with Gasteiger partial charge in [-0.3, -0.25) is 19.1 Å². The highest BCUT2D eigenvalue weighted by molar-refractivity contribution is 6.31. The lowest BCUT2D eigenvalue weighted by molar-refractivity contribution is -0.127. The standard InChI is InChI=1S/C21H26ClN5O3/c1-14(2)13-27-20(22)17(15(3)24-27)5-7-19(29)25-8-10-26(11-9-25)21(30)16-4-6-18(28)23-12-16/h4-7,12,14H,8-11,13H2,1-3H3,(H,23,28). The lowest BCUT2D eigenvalue weighted by Gasteiger charge is -2.34. The predicted octanol–water partition coefficient (Wildman–Crippen LogP) is 2.19. The molecule has 3 rings (SSSR count). The van der Waals surface area contributed by atoms with Crippen molar-refractivity contribution in [1.29, 1.82) is 0 Å². The number of aromatic amines is 1. The second kappa shape index (κ2) is 9.30. The second-order valence-electron chi connectivity index (χ2n) is 7.76. The summed E-state index contributed by atoms with van der Waals surface area (Å²) >= 11 is 6.42. The zero-order valence-corrected chi connectivity index (χ0v) is 18.1. The molecule has 1 aliphatic heterocycles. The number of aromatic nitrogens is 3. The van der Waals surface area contributed by atoms with Crippen molar-refractivity contribution >= 4 is 29.5 Å². The van der Waals surface area contributed by atoms with Gasteiger partial charge in [0, 0.05) is 56.6 Å². The minimum atomic E-state index is -0.251. The molecule has 0 radical (unpaired) electrons. The highest BCUT2D eigenvalue weighted by Crippen LogP contribution is 2.22.